The zero-order chi connectivity index (χ0) is 11.1. The lowest BCUT2D eigenvalue weighted by Crippen LogP contribution is -1.89. The molecule has 1 aromatic rings. The second-order valence-corrected chi connectivity index (χ2v) is 4.27. The summed E-state index contributed by atoms with van der Waals surface area (Å²) in [6.07, 6.45) is 8.84. The summed E-state index contributed by atoms with van der Waals surface area (Å²) in [6, 6.07) is 0. The number of hydrogen-bond donors (Lipinski definition) is 1. The summed E-state index contributed by atoms with van der Waals surface area (Å²) in [5, 5.41) is 0. The fourth-order valence-electron chi connectivity index (χ4n) is 1.92. The van der Waals surface area contributed by atoms with Gasteiger partial charge in [-0.3, -0.25) is 0 Å². The minimum Gasteiger partial charge on any atom is -0.346 e. The molecule has 0 aliphatic rings. The SMILES string of the molecule is CCCCCCCc1nc(CC)c(C)[nH]1. The number of unbranched alkanes of at least 4 members (excludes halogenated alkanes) is 4. The number of aryl methyl sites for hydroxylation is 3. The molecule has 1 heterocycles. The Kier molecular flexibility index (Phi) is 5.44. The van der Waals surface area contributed by atoms with Crippen LogP contribution in [0.3, 0.4) is 0 Å². The summed E-state index contributed by atoms with van der Waals surface area (Å²) < 4.78 is 0. The highest BCUT2D eigenvalue weighted by atomic mass is 14.9. The van der Waals surface area contributed by atoms with E-state index in [2.05, 4.69) is 30.7 Å². The summed E-state index contributed by atoms with van der Waals surface area (Å²) in [5.41, 5.74) is 2.49. The molecule has 1 rings (SSSR count). The number of imidazole rings is 1. The second kappa shape index (κ2) is 6.65. The Hall–Kier alpha value is -0.790. The molecule has 0 bridgehead atoms. The maximum atomic E-state index is 4.59. The Morgan fingerprint density at radius 3 is 2.40 bits per heavy atom. The van der Waals surface area contributed by atoms with Gasteiger partial charge in [-0.05, 0) is 19.8 Å². The van der Waals surface area contributed by atoms with Gasteiger partial charge in [-0.15, -0.1) is 0 Å². The van der Waals surface area contributed by atoms with Gasteiger partial charge in [0.25, 0.3) is 0 Å². The monoisotopic (exact) mass is 208 g/mol. The highest BCUT2D eigenvalue weighted by molar-refractivity contribution is 5.12. The number of aromatic amines is 1. The Balaban J connectivity index is 2.25. The Labute approximate surface area is 93.5 Å². The lowest BCUT2D eigenvalue weighted by Gasteiger charge is -1.97. The third-order valence-corrected chi connectivity index (χ3v) is 2.89. The van der Waals surface area contributed by atoms with Crippen molar-refractivity contribution < 1.29 is 0 Å². The van der Waals surface area contributed by atoms with Crippen LogP contribution in [0.2, 0.25) is 0 Å². The summed E-state index contributed by atoms with van der Waals surface area (Å²) in [4.78, 5) is 7.97. The molecule has 2 heteroatoms. The van der Waals surface area contributed by atoms with Gasteiger partial charge in [0.2, 0.25) is 0 Å². The lowest BCUT2D eigenvalue weighted by atomic mass is 10.1. The van der Waals surface area contributed by atoms with E-state index in [9.17, 15) is 0 Å². The second-order valence-electron chi connectivity index (χ2n) is 4.27. The average molecular weight is 208 g/mol. The smallest absolute Gasteiger partial charge is 0.106 e. The van der Waals surface area contributed by atoms with Crippen LogP contribution in [-0.2, 0) is 12.8 Å². The summed E-state index contributed by atoms with van der Waals surface area (Å²) in [5.74, 6) is 1.18. The maximum absolute atomic E-state index is 4.59. The van der Waals surface area contributed by atoms with Crippen LogP contribution in [-0.4, -0.2) is 9.97 Å². The van der Waals surface area contributed by atoms with Crippen LogP contribution in [0.25, 0.3) is 0 Å². The first kappa shape index (κ1) is 12.3. The summed E-state index contributed by atoms with van der Waals surface area (Å²) >= 11 is 0. The predicted molar refractivity (Wildman–Crippen MR) is 65.2 cm³/mol. The number of rotatable bonds is 7. The zero-order valence-corrected chi connectivity index (χ0v) is 10.4. The normalized spacial score (nSPS) is 10.9. The first-order chi connectivity index (χ1) is 7.27. The predicted octanol–water partition coefficient (Wildman–Crippen LogP) is 3.79. The third kappa shape index (κ3) is 4.06. The van der Waals surface area contributed by atoms with E-state index < -0.39 is 0 Å². The van der Waals surface area contributed by atoms with Gasteiger partial charge in [-0.25, -0.2) is 4.98 Å². The number of hydrogen-bond acceptors (Lipinski definition) is 1. The van der Waals surface area contributed by atoms with E-state index in [1.807, 2.05) is 0 Å². The molecule has 0 aromatic carbocycles. The van der Waals surface area contributed by atoms with Crippen molar-refractivity contribution in [1.29, 1.82) is 0 Å². The summed E-state index contributed by atoms with van der Waals surface area (Å²) in [6.45, 7) is 6.53. The van der Waals surface area contributed by atoms with E-state index in [0.717, 1.165) is 12.8 Å². The number of nitrogens with zero attached hydrogens (tertiary/aromatic N) is 1. The molecule has 0 radical (unpaired) electrons. The van der Waals surface area contributed by atoms with Gasteiger partial charge in [0.15, 0.2) is 0 Å². The molecular weight excluding hydrogens is 184 g/mol. The van der Waals surface area contributed by atoms with Crippen molar-refractivity contribution in [3.8, 4) is 0 Å². The van der Waals surface area contributed by atoms with Crippen molar-refractivity contribution in [2.45, 2.75) is 65.7 Å². The van der Waals surface area contributed by atoms with Crippen molar-refractivity contribution in [3.63, 3.8) is 0 Å². The van der Waals surface area contributed by atoms with Crippen LogP contribution >= 0.6 is 0 Å². The Morgan fingerprint density at radius 1 is 1.07 bits per heavy atom. The quantitative estimate of drug-likeness (QED) is 0.678. The van der Waals surface area contributed by atoms with E-state index in [1.165, 1.54) is 49.3 Å². The van der Waals surface area contributed by atoms with Crippen molar-refractivity contribution in [1.82, 2.24) is 9.97 Å². The van der Waals surface area contributed by atoms with Crippen LogP contribution < -0.4 is 0 Å². The van der Waals surface area contributed by atoms with Crippen molar-refractivity contribution in [2.75, 3.05) is 0 Å². The van der Waals surface area contributed by atoms with Gasteiger partial charge in [0.1, 0.15) is 5.82 Å². The van der Waals surface area contributed by atoms with Gasteiger partial charge in [0.05, 0.1) is 5.69 Å². The minimum absolute atomic E-state index is 1.04. The van der Waals surface area contributed by atoms with Crippen LogP contribution in [0, 0.1) is 6.92 Å². The first-order valence-corrected chi connectivity index (χ1v) is 6.32. The first-order valence-electron chi connectivity index (χ1n) is 6.32. The van der Waals surface area contributed by atoms with Crippen LogP contribution in [0.5, 0.6) is 0 Å². The molecule has 0 saturated carbocycles. The third-order valence-electron chi connectivity index (χ3n) is 2.89. The fourth-order valence-corrected chi connectivity index (χ4v) is 1.92. The average Bonchev–Trinajstić information content (AvgIpc) is 2.59. The molecule has 0 unspecified atom stereocenters. The van der Waals surface area contributed by atoms with Gasteiger partial charge in [-0.2, -0.15) is 0 Å². The fraction of sp³-hybridized carbons (Fsp3) is 0.769. The molecule has 0 aliphatic carbocycles. The Bertz CT molecular complexity index is 276. The van der Waals surface area contributed by atoms with E-state index in [-0.39, 0.29) is 0 Å². The van der Waals surface area contributed by atoms with E-state index in [4.69, 9.17) is 0 Å². The molecule has 1 N–H and O–H groups in total. The van der Waals surface area contributed by atoms with E-state index >= 15 is 0 Å². The van der Waals surface area contributed by atoms with Crippen LogP contribution in [0.4, 0.5) is 0 Å². The molecule has 15 heavy (non-hydrogen) atoms. The van der Waals surface area contributed by atoms with Gasteiger partial charge in [0, 0.05) is 12.1 Å². The van der Waals surface area contributed by atoms with Crippen LogP contribution in [0.15, 0.2) is 0 Å². The Morgan fingerprint density at radius 2 is 1.80 bits per heavy atom. The molecule has 0 aliphatic heterocycles. The molecule has 0 saturated heterocycles. The van der Waals surface area contributed by atoms with Crippen LogP contribution in [0.1, 0.15) is 63.2 Å². The number of H-pyrrole nitrogens is 1. The molecular formula is C13H24N2. The highest BCUT2D eigenvalue weighted by Crippen LogP contribution is 2.10. The molecule has 0 spiro atoms. The highest BCUT2D eigenvalue weighted by Gasteiger charge is 2.03. The topological polar surface area (TPSA) is 28.7 Å². The van der Waals surface area contributed by atoms with E-state index in [0.29, 0.717) is 0 Å². The maximum Gasteiger partial charge on any atom is 0.106 e. The van der Waals surface area contributed by atoms with Gasteiger partial charge in [-0.1, -0.05) is 39.5 Å². The largest absolute Gasteiger partial charge is 0.346 e. The number of nitrogens with one attached hydrogen (secondary N) is 1. The zero-order valence-electron chi connectivity index (χ0n) is 10.4. The molecule has 2 nitrogen and oxygen atoms in total. The molecule has 0 atom stereocenters. The molecule has 86 valence electrons. The molecule has 0 fully saturated rings. The molecule has 1 aromatic heterocycles. The standard InChI is InChI=1S/C13H24N2/c1-4-6-7-8-9-10-13-14-11(3)12(5-2)15-13/h4-10H2,1-3H3,(H,14,15). The summed E-state index contributed by atoms with van der Waals surface area (Å²) in [7, 11) is 0. The lowest BCUT2D eigenvalue weighted by molar-refractivity contribution is 0.624. The van der Waals surface area contributed by atoms with Gasteiger partial charge < -0.3 is 4.98 Å². The number of aromatic nitrogens is 2. The van der Waals surface area contributed by atoms with E-state index in [1.54, 1.807) is 0 Å². The van der Waals surface area contributed by atoms with Crippen molar-refractivity contribution in [2.24, 2.45) is 0 Å². The molecule has 0 amide bonds. The van der Waals surface area contributed by atoms with Crippen molar-refractivity contribution >= 4 is 0 Å². The van der Waals surface area contributed by atoms with Crippen molar-refractivity contribution in [3.05, 3.63) is 17.2 Å². The van der Waals surface area contributed by atoms with Gasteiger partial charge >= 0.3 is 0 Å². The minimum atomic E-state index is 1.04.